The number of nitriles is 1. The van der Waals surface area contributed by atoms with Crippen molar-refractivity contribution in [2.45, 2.75) is 0 Å². The van der Waals surface area contributed by atoms with Crippen molar-refractivity contribution in [1.29, 1.82) is 5.26 Å². The Hall–Kier alpha value is -3.43. The standard InChI is InChI=1S/C20H13ClFN3O2/c1-27-17-6-7-18-12(10-17)8-13(19(21)25-18)9-14(11-23)20(26)24-16-4-2-15(22)3-5-16/h2-10H,1H3,(H,24,26)/b14-9+. The summed E-state index contributed by atoms with van der Waals surface area (Å²) in [6.07, 6.45) is 1.35. The number of amides is 1. The second kappa shape index (κ2) is 7.85. The average molecular weight is 382 g/mol. The SMILES string of the molecule is COc1ccc2nc(Cl)c(/C=C(\C#N)C(=O)Nc3ccc(F)cc3)cc2c1. The lowest BCUT2D eigenvalue weighted by molar-refractivity contribution is -0.112. The number of ether oxygens (including phenoxy) is 1. The van der Waals surface area contributed by atoms with Crippen LogP contribution in [0.25, 0.3) is 17.0 Å². The molecule has 3 rings (SSSR count). The van der Waals surface area contributed by atoms with Gasteiger partial charge in [-0.1, -0.05) is 11.6 Å². The fourth-order valence-corrected chi connectivity index (χ4v) is 2.61. The van der Waals surface area contributed by atoms with E-state index in [1.54, 1.807) is 31.4 Å². The Morgan fingerprint density at radius 2 is 2.00 bits per heavy atom. The van der Waals surface area contributed by atoms with Crippen molar-refractivity contribution < 1.29 is 13.9 Å². The van der Waals surface area contributed by atoms with Gasteiger partial charge in [-0.3, -0.25) is 4.79 Å². The van der Waals surface area contributed by atoms with Crippen LogP contribution < -0.4 is 10.1 Å². The van der Waals surface area contributed by atoms with Crippen LogP contribution in [0.4, 0.5) is 10.1 Å². The van der Waals surface area contributed by atoms with Crippen molar-refractivity contribution in [1.82, 2.24) is 4.98 Å². The molecule has 0 aliphatic rings. The van der Waals surface area contributed by atoms with Crippen LogP contribution in [-0.2, 0) is 4.79 Å². The van der Waals surface area contributed by atoms with Crippen molar-refractivity contribution >= 4 is 40.2 Å². The average Bonchev–Trinajstić information content (AvgIpc) is 2.67. The highest BCUT2D eigenvalue weighted by Crippen LogP contribution is 2.26. The summed E-state index contributed by atoms with van der Waals surface area (Å²) in [6, 6.07) is 14.1. The summed E-state index contributed by atoms with van der Waals surface area (Å²) in [7, 11) is 1.55. The lowest BCUT2D eigenvalue weighted by Crippen LogP contribution is -2.13. The van der Waals surface area contributed by atoms with Crippen LogP contribution in [0.5, 0.6) is 5.75 Å². The zero-order chi connectivity index (χ0) is 19.4. The molecule has 134 valence electrons. The van der Waals surface area contributed by atoms with Crippen LogP contribution in [0.2, 0.25) is 5.15 Å². The Bertz CT molecular complexity index is 1090. The lowest BCUT2D eigenvalue weighted by Gasteiger charge is -2.06. The molecule has 1 aromatic heterocycles. The van der Waals surface area contributed by atoms with Crippen LogP contribution in [-0.4, -0.2) is 18.0 Å². The molecule has 0 unspecified atom stereocenters. The van der Waals surface area contributed by atoms with Crippen LogP contribution in [0.3, 0.4) is 0 Å². The number of hydrogen-bond acceptors (Lipinski definition) is 4. The predicted molar refractivity (Wildman–Crippen MR) is 102 cm³/mol. The molecule has 0 spiro atoms. The summed E-state index contributed by atoms with van der Waals surface area (Å²) in [4.78, 5) is 16.6. The van der Waals surface area contributed by atoms with Crippen LogP contribution >= 0.6 is 11.6 Å². The van der Waals surface area contributed by atoms with E-state index < -0.39 is 11.7 Å². The molecule has 0 aliphatic heterocycles. The summed E-state index contributed by atoms with van der Waals surface area (Å²) < 4.78 is 18.1. The predicted octanol–water partition coefficient (Wildman–Crippen LogP) is 4.58. The van der Waals surface area contributed by atoms with Crippen molar-refractivity contribution in [3.8, 4) is 11.8 Å². The number of methoxy groups -OCH3 is 1. The van der Waals surface area contributed by atoms with Gasteiger partial charge >= 0.3 is 0 Å². The van der Waals surface area contributed by atoms with Crippen LogP contribution in [0, 0.1) is 17.1 Å². The molecule has 27 heavy (non-hydrogen) atoms. The number of nitrogens with zero attached hydrogens (tertiary/aromatic N) is 2. The van der Waals surface area contributed by atoms with E-state index in [0.29, 0.717) is 22.5 Å². The number of benzene rings is 2. The fourth-order valence-electron chi connectivity index (χ4n) is 2.41. The molecule has 0 aliphatic carbocycles. The molecule has 0 saturated heterocycles. The molecule has 0 bridgehead atoms. The minimum Gasteiger partial charge on any atom is -0.497 e. The van der Waals surface area contributed by atoms with Gasteiger partial charge in [0.1, 0.15) is 28.4 Å². The molecule has 5 nitrogen and oxygen atoms in total. The fraction of sp³-hybridized carbons (Fsp3) is 0.0500. The van der Waals surface area contributed by atoms with E-state index >= 15 is 0 Å². The first-order chi connectivity index (χ1) is 13.0. The smallest absolute Gasteiger partial charge is 0.266 e. The number of nitrogens with one attached hydrogen (secondary N) is 1. The van der Waals surface area contributed by atoms with E-state index in [2.05, 4.69) is 10.3 Å². The van der Waals surface area contributed by atoms with E-state index in [4.69, 9.17) is 16.3 Å². The Morgan fingerprint density at radius 3 is 2.67 bits per heavy atom. The van der Waals surface area contributed by atoms with E-state index in [0.717, 1.165) is 5.39 Å². The van der Waals surface area contributed by atoms with E-state index in [9.17, 15) is 14.4 Å². The molecule has 3 aromatic rings. The number of halogens is 2. The van der Waals surface area contributed by atoms with Gasteiger partial charge in [0.25, 0.3) is 5.91 Å². The zero-order valence-electron chi connectivity index (χ0n) is 14.2. The maximum Gasteiger partial charge on any atom is 0.266 e. The zero-order valence-corrected chi connectivity index (χ0v) is 14.9. The molecule has 0 radical (unpaired) electrons. The minimum atomic E-state index is -0.633. The number of carbonyl (C=O) groups is 1. The van der Waals surface area contributed by atoms with E-state index in [1.165, 1.54) is 30.3 Å². The van der Waals surface area contributed by atoms with Gasteiger partial charge in [0, 0.05) is 16.6 Å². The molecule has 1 heterocycles. The highest BCUT2D eigenvalue weighted by Gasteiger charge is 2.12. The first-order valence-corrected chi connectivity index (χ1v) is 8.21. The van der Waals surface area contributed by atoms with Gasteiger partial charge in [-0.05, 0) is 54.6 Å². The molecule has 0 fully saturated rings. The quantitative estimate of drug-likeness (QED) is 0.407. The number of carbonyl (C=O) groups excluding carboxylic acids is 1. The van der Waals surface area contributed by atoms with Gasteiger partial charge in [-0.15, -0.1) is 0 Å². The largest absolute Gasteiger partial charge is 0.497 e. The first-order valence-electron chi connectivity index (χ1n) is 7.83. The Labute approximate surface area is 159 Å². The summed E-state index contributed by atoms with van der Waals surface area (Å²) >= 11 is 6.19. The normalized spacial score (nSPS) is 11.1. The minimum absolute atomic E-state index is 0.162. The van der Waals surface area contributed by atoms with Crippen molar-refractivity contribution in [2.24, 2.45) is 0 Å². The second-order valence-corrected chi connectivity index (χ2v) is 5.92. The van der Waals surface area contributed by atoms with Gasteiger partial charge in [-0.2, -0.15) is 5.26 Å². The van der Waals surface area contributed by atoms with Gasteiger partial charge in [0.15, 0.2) is 0 Å². The van der Waals surface area contributed by atoms with Crippen molar-refractivity contribution in [3.63, 3.8) is 0 Å². The number of pyridine rings is 1. The third-order valence-corrected chi connectivity index (χ3v) is 4.07. The summed E-state index contributed by atoms with van der Waals surface area (Å²) in [5.74, 6) is -0.407. The topological polar surface area (TPSA) is 75.0 Å². The number of hydrogen-bond donors (Lipinski definition) is 1. The maximum atomic E-state index is 13.0. The van der Waals surface area contributed by atoms with Crippen LogP contribution in [0.15, 0.2) is 54.1 Å². The van der Waals surface area contributed by atoms with E-state index in [-0.39, 0.29) is 10.7 Å². The number of fused-ring (bicyclic) bond motifs is 1. The molecule has 2 aromatic carbocycles. The Kier molecular flexibility index (Phi) is 5.34. The molecular formula is C20H13ClFN3O2. The first kappa shape index (κ1) is 18.4. The van der Waals surface area contributed by atoms with Crippen molar-refractivity contribution in [2.75, 3.05) is 12.4 Å². The van der Waals surface area contributed by atoms with E-state index in [1.807, 2.05) is 6.07 Å². The molecule has 1 N–H and O–H groups in total. The van der Waals surface area contributed by atoms with Gasteiger partial charge in [-0.25, -0.2) is 9.37 Å². The van der Waals surface area contributed by atoms with Crippen molar-refractivity contribution in [3.05, 3.63) is 70.6 Å². The lowest BCUT2D eigenvalue weighted by atomic mass is 10.1. The third kappa shape index (κ3) is 4.22. The Balaban J connectivity index is 1.94. The second-order valence-electron chi connectivity index (χ2n) is 5.56. The molecule has 7 heteroatoms. The number of rotatable bonds is 4. The molecule has 0 saturated carbocycles. The highest BCUT2D eigenvalue weighted by atomic mass is 35.5. The number of anilines is 1. The van der Waals surface area contributed by atoms with Gasteiger partial charge in [0.05, 0.1) is 12.6 Å². The monoisotopic (exact) mass is 381 g/mol. The van der Waals surface area contributed by atoms with Crippen LogP contribution in [0.1, 0.15) is 5.56 Å². The summed E-state index contributed by atoms with van der Waals surface area (Å²) in [5, 5.41) is 12.8. The number of aromatic nitrogens is 1. The molecule has 1 amide bonds. The molecular weight excluding hydrogens is 369 g/mol. The van der Waals surface area contributed by atoms with Gasteiger partial charge < -0.3 is 10.1 Å². The maximum absolute atomic E-state index is 13.0. The summed E-state index contributed by atoms with van der Waals surface area (Å²) in [6.45, 7) is 0. The third-order valence-electron chi connectivity index (χ3n) is 3.77. The Morgan fingerprint density at radius 1 is 1.26 bits per heavy atom. The highest BCUT2D eigenvalue weighted by molar-refractivity contribution is 6.31. The van der Waals surface area contributed by atoms with Gasteiger partial charge in [0.2, 0.25) is 0 Å². The molecule has 0 atom stereocenters. The summed E-state index contributed by atoms with van der Waals surface area (Å²) in [5.41, 5.74) is 1.29.